The van der Waals surface area contributed by atoms with Gasteiger partial charge in [0.05, 0.1) is 29.5 Å². The van der Waals surface area contributed by atoms with Crippen molar-refractivity contribution < 1.29 is 9.53 Å². The van der Waals surface area contributed by atoms with Gasteiger partial charge in [0.25, 0.3) is 5.56 Å². The van der Waals surface area contributed by atoms with E-state index in [-0.39, 0.29) is 17.2 Å². The van der Waals surface area contributed by atoms with E-state index in [0.717, 1.165) is 0 Å². The largest absolute Gasteiger partial charge is 0.497 e. The van der Waals surface area contributed by atoms with Gasteiger partial charge in [0.15, 0.2) is 5.16 Å². The minimum Gasteiger partial charge on any atom is -0.497 e. The molecule has 2 aliphatic rings. The third-order valence-corrected chi connectivity index (χ3v) is 6.93. The molecule has 3 aromatic rings. The molecule has 0 atom stereocenters. The van der Waals surface area contributed by atoms with E-state index in [1.807, 2.05) is 42.5 Å². The summed E-state index contributed by atoms with van der Waals surface area (Å²) >= 11 is 1.30. The van der Waals surface area contributed by atoms with E-state index in [1.165, 1.54) is 37.4 Å². The topological polar surface area (TPSA) is 73.2 Å². The summed E-state index contributed by atoms with van der Waals surface area (Å²) in [5.74, 6) is 2.26. The molecular formula is C24H25N3O3S. The van der Waals surface area contributed by atoms with Crippen molar-refractivity contribution in [2.24, 2.45) is 11.8 Å². The predicted octanol–water partition coefficient (Wildman–Crippen LogP) is 3.79. The molecule has 0 saturated heterocycles. The highest BCUT2D eigenvalue weighted by Crippen LogP contribution is 2.44. The van der Waals surface area contributed by atoms with Crippen molar-refractivity contribution in [2.45, 2.75) is 36.9 Å². The first-order valence-electron chi connectivity index (χ1n) is 10.7. The molecule has 0 bridgehead atoms. The van der Waals surface area contributed by atoms with E-state index >= 15 is 0 Å². The van der Waals surface area contributed by atoms with Gasteiger partial charge < -0.3 is 10.1 Å². The second kappa shape index (κ2) is 8.38. The number of ether oxygens (including phenoxy) is 1. The van der Waals surface area contributed by atoms with Crippen molar-refractivity contribution >= 4 is 28.6 Å². The fourth-order valence-electron chi connectivity index (χ4n) is 4.06. The van der Waals surface area contributed by atoms with Gasteiger partial charge in [-0.05, 0) is 73.9 Å². The molecular weight excluding hydrogens is 410 g/mol. The maximum absolute atomic E-state index is 13.3. The van der Waals surface area contributed by atoms with Crippen molar-refractivity contribution in [1.29, 1.82) is 0 Å². The first kappa shape index (κ1) is 20.1. The van der Waals surface area contributed by atoms with Gasteiger partial charge in [-0.25, -0.2) is 4.98 Å². The lowest BCUT2D eigenvalue weighted by Gasteiger charge is -2.18. The van der Waals surface area contributed by atoms with Crippen LogP contribution in [0.5, 0.6) is 5.75 Å². The highest BCUT2D eigenvalue weighted by atomic mass is 32.2. The Labute approximate surface area is 185 Å². The number of nitrogens with one attached hydrogen (secondary N) is 1. The van der Waals surface area contributed by atoms with Crippen LogP contribution in [0, 0.1) is 11.8 Å². The first-order chi connectivity index (χ1) is 15.1. The lowest BCUT2D eigenvalue weighted by Crippen LogP contribution is -2.39. The lowest BCUT2D eigenvalue weighted by atomic mass is 10.1. The van der Waals surface area contributed by atoms with Crippen LogP contribution >= 0.6 is 11.8 Å². The zero-order chi connectivity index (χ0) is 21.4. The number of amides is 1. The summed E-state index contributed by atoms with van der Waals surface area (Å²) in [5.41, 5.74) is 1.18. The molecule has 1 N–H and O–H groups in total. The molecule has 1 heterocycles. The summed E-state index contributed by atoms with van der Waals surface area (Å²) < 4.78 is 6.82. The van der Waals surface area contributed by atoms with Crippen LogP contribution in [0.4, 0.5) is 0 Å². The summed E-state index contributed by atoms with van der Waals surface area (Å²) in [7, 11) is 1.61. The van der Waals surface area contributed by atoms with Crippen LogP contribution in [0.25, 0.3) is 16.6 Å². The second-order valence-electron chi connectivity index (χ2n) is 8.31. The number of aromatic nitrogens is 2. The molecule has 5 rings (SSSR count). The molecule has 6 nitrogen and oxygen atoms in total. The zero-order valence-corrected chi connectivity index (χ0v) is 18.2. The van der Waals surface area contributed by atoms with Crippen molar-refractivity contribution in [3.63, 3.8) is 0 Å². The summed E-state index contributed by atoms with van der Waals surface area (Å²) in [6, 6.07) is 14.9. The molecule has 31 heavy (non-hydrogen) atoms. The van der Waals surface area contributed by atoms with Crippen LogP contribution < -0.4 is 15.6 Å². The van der Waals surface area contributed by atoms with E-state index in [0.29, 0.717) is 45.4 Å². The average molecular weight is 436 g/mol. The monoisotopic (exact) mass is 435 g/mol. The number of hydrogen-bond acceptors (Lipinski definition) is 5. The quantitative estimate of drug-likeness (QED) is 0.430. The first-order valence-corrected chi connectivity index (χ1v) is 11.7. The van der Waals surface area contributed by atoms with Gasteiger partial charge >= 0.3 is 0 Å². The molecule has 0 spiro atoms. The Hall–Kier alpha value is -2.80. The molecule has 0 radical (unpaired) electrons. The normalized spacial score (nSPS) is 15.9. The van der Waals surface area contributed by atoms with E-state index < -0.39 is 0 Å². The van der Waals surface area contributed by atoms with Gasteiger partial charge in [-0.15, -0.1) is 0 Å². The Morgan fingerprint density at radius 2 is 1.81 bits per heavy atom. The minimum atomic E-state index is -0.146. The van der Waals surface area contributed by atoms with Crippen LogP contribution in [0.15, 0.2) is 58.5 Å². The van der Waals surface area contributed by atoms with Crippen molar-refractivity contribution in [3.8, 4) is 11.4 Å². The number of carbonyl (C=O) groups is 1. The minimum absolute atomic E-state index is 0.0116. The maximum Gasteiger partial charge on any atom is 0.266 e. The number of rotatable bonds is 8. The van der Waals surface area contributed by atoms with Gasteiger partial charge in [0.2, 0.25) is 5.91 Å². The molecule has 160 valence electrons. The average Bonchev–Trinajstić information content (AvgIpc) is 3.70. The number of carbonyl (C=O) groups excluding carboxylic acids is 1. The van der Waals surface area contributed by atoms with Gasteiger partial charge in [-0.3, -0.25) is 14.2 Å². The van der Waals surface area contributed by atoms with Crippen LogP contribution in [0.2, 0.25) is 0 Å². The van der Waals surface area contributed by atoms with Gasteiger partial charge in [0, 0.05) is 6.04 Å². The molecule has 1 amide bonds. The van der Waals surface area contributed by atoms with Gasteiger partial charge in [-0.1, -0.05) is 23.9 Å². The van der Waals surface area contributed by atoms with E-state index in [9.17, 15) is 9.59 Å². The number of para-hydroxylation sites is 1. The SMILES string of the molecule is COc1ccc(-n2c(SCC(=O)NC(C3CC3)C3CC3)nc3ccccc3c2=O)cc1. The summed E-state index contributed by atoms with van der Waals surface area (Å²) in [4.78, 5) is 30.7. The highest BCUT2D eigenvalue weighted by Gasteiger charge is 2.42. The van der Waals surface area contributed by atoms with E-state index in [2.05, 4.69) is 5.32 Å². The summed E-state index contributed by atoms with van der Waals surface area (Å²) in [6.45, 7) is 0. The molecule has 2 fully saturated rings. The van der Waals surface area contributed by atoms with E-state index in [4.69, 9.17) is 9.72 Å². The third-order valence-electron chi connectivity index (χ3n) is 6.00. The smallest absolute Gasteiger partial charge is 0.266 e. The third kappa shape index (κ3) is 4.32. The second-order valence-corrected chi connectivity index (χ2v) is 9.25. The Bertz CT molecular complexity index is 1150. The van der Waals surface area contributed by atoms with Crippen molar-refractivity contribution in [2.75, 3.05) is 12.9 Å². The van der Waals surface area contributed by atoms with E-state index in [1.54, 1.807) is 17.7 Å². The van der Waals surface area contributed by atoms with Crippen molar-refractivity contribution in [3.05, 3.63) is 58.9 Å². The molecule has 1 aromatic heterocycles. The molecule has 2 aromatic carbocycles. The summed E-state index contributed by atoms with van der Waals surface area (Å²) in [6.07, 6.45) is 4.88. The fourth-order valence-corrected chi connectivity index (χ4v) is 4.88. The standard InChI is InChI=1S/C24H25N3O3S/c1-30-18-12-10-17(11-13-18)27-23(29)19-4-2-3-5-20(19)25-24(27)31-14-21(28)26-22(15-6-7-15)16-8-9-16/h2-5,10-13,15-16,22H,6-9,14H2,1H3,(H,26,28). The lowest BCUT2D eigenvalue weighted by molar-refractivity contribution is -0.119. The van der Waals surface area contributed by atoms with Crippen LogP contribution in [0.1, 0.15) is 25.7 Å². The van der Waals surface area contributed by atoms with Gasteiger partial charge in [0.1, 0.15) is 5.75 Å². The number of benzene rings is 2. The number of thioether (sulfide) groups is 1. The van der Waals surface area contributed by atoms with Crippen LogP contribution in [0.3, 0.4) is 0 Å². The maximum atomic E-state index is 13.3. The zero-order valence-electron chi connectivity index (χ0n) is 17.4. The Kier molecular flexibility index (Phi) is 5.44. The van der Waals surface area contributed by atoms with Crippen LogP contribution in [-0.4, -0.2) is 34.4 Å². The fraction of sp³-hybridized carbons (Fsp3) is 0.375. The Balaban J connectivity index is 1.43. The van der Waals surface area contributed by atoms with Crippen LogP contribution in [-0.2, 0) is 4.79 Å². The molecule has 2 aliphatic carbocycles. The number of hydrogen-bond donors (Lipinski definition) is 1. The van der Waals surface area contributed by atoms with Gasteiger partial charge in [-0.2, -0.15) is 0 Å². The number of methoxy groups -OCH3 is 1. The Morgan fingerprint density at radius 1 is 1.13 bits per heavy atom. The predicted molar refractivity (Wildman–Crippen MR) is 122 cm³/mol. The summed E-state index contributed by atoms with van der Waals surface area (Å²) in [5, 5.41) is 4.31. The number of fused-ring (bicyclic) bond motifs is 1. The Morgan fingerprint density at radius 3 is 2.45 bits per heavy atom. The number of nitrogens with zero attached hydrogens (tertiary/aromatic N) is 2. The molecule has 0 unspecified atom stereocenters. The molecule has 7 heteroatoms. The van der Waals surface area contributed by atoms with Crippen molar-refractivity contribution in [1.82, 2.24) is 14.9 Å². The molecule has 2 saturated carbocycles. The molecule has 0 aliphatic heterocycles. The highest BCUT2D eigenvalue weighted by molar-refractivity contribution is 7.99.